The molecular weight excluding hydrogens is 328 g/mol. The van der Waals surface area contributed by atoms with Crippen molar-refractivity contribution >= 4 is 29.5 Å². The van der Waals surface area contributed by atoms with Gasteiger partial charge in [0.2, 0.25) is 0 Å². The Kier molecular flexibility index (Phi) is 4.68. The van der Waals surface area contributed by atoms with Crippen LogP contribution in [-0.4, -0.2) is 27.2 Å². The number of hydrogen-bond acceptors (Lipinski definition) is 4. The number of benzene rings is 1. The average molecular weight is 344 g/mol. The van der Waals surface area contributed by atoms with Crippen LogP contribution in [0.5, 0.6) is 0 Å². The molecule has 0 saturated carbocycles. The molecule has 0 unspecified atom stereocenters. The van der Waals surface area contributed by atoms with Crippen molar-refractivity contribution in [1.29, 1.82) is 0 Å². The molecule has 0 aliphatic heterocycles. The first-order valence-corrected chi connectivity index (χ1v) is 8.47. The quantitative estimate of drug-likeness (QED) is 0.699. The third kappa shape index (κ3) is 3.40. The summed E-state index contributed by atoms with van der Waals surface area (Å²) >= 11 is 6.52. The van der Waals surface area contributed by atoms with Crippen molar-refractivity contribution in [3.8, 4) is 11.1 Å². The number of hydrogen-bond donors (Lipinski definition) is 2. The van der Waals surface area contributed by atoms with Gasteiger partial charge < -0.3 is 9.88 Å². The molecule has 0 atom stereocenters. The molecule has 5 nitrogen and oxygen atoms in total. The van der Waals surface area contributed by atoms with Crippen LogP contribution in [0.3, 0.4) is 0 Å². The van der Waals surface area contributed by atoms with Crippen LogP contribution in [0.1, 0.15) is 15.5 Å². The molecule has 1 aromatic carbocycles. The molecule has 0 fully saturated rings. The number of carbonyl (C=O) groups excluding carboxylic acids is 1. The lowest BCUT2D eigenvalue weighted by atomic mass is 10.1. The predicted molar refractivity (Wildman–Crippen MR) is 94.2 cm³/mol. The van der Waals surface area contributed by atoms with Crippen molar-refractivity contribution in [2.45, 2.75) is 6.42 Å². The first-order chi connectivity index (χ1) is 11.2. The maximum atomic E-state index is 12.4. The Morgan fingerprint density at radius 1 is 1.35 bits per heavy atom. The Morgan fingerprint density at radius 3 is 2.83 bits per heavy atom. The first-order valence-electron chi connectivity index (χ1n) is 7.18. The van der Waals surface area contributed by atoms with Crippen LogP contribution in [-0.2, 0) is 13.5 Å². The molecule has 2 heterocycles. The molecule has 118 valence electrons. The second-order valence-corrected chi connectivity index (χ2v) is 6.34. The molecule has 0 aliphatic carbocycles. The Labute approximate surface area is 143 Å². The van der Waals surface area contributed by atoms with Crippen LogP contribution in [0.25, 0.3) is 11.1 Å². The summed E-state index contributed by atoms with van der Waals surface area (Å²) in [5, 5.41) is 11.8. The number of rotatable bonds is 5. The second-order valence-electron chi connectivity index (χ2n) is 5.04. The van der Waals surface area contributed by atoms with E-state index in [-0.39, 0.29) is 5.91 Å². The van der Waals surface area contributed by atoms with Crippen LogP contribution in [0.4, 0.5) is 0 Å². The van der Waals surface area contributed by atoms with Gasteiger partial charge in [0.25, 0.3) is 5.91 Å². The second kappa shape index (κ2) is 6.89. The minimum atomic E-state index is -0.0596. The van der Waals surface area contributed by atoms with Crippen LogP contribution in [0.2, 0.25) is 0 Å². The Bertz CT molecular complexity index is 864. The number of nitrogens with zero attached hydrogens (tertiary/aromatic N) is 2. The molecule has 2 N–H and O–H groups in total. The monoisotopic (exact) mass is 344 g/mol. The number of nitrogens with one attached hydrogen (secondary N) is 2. The summed E-state index contributed by atoms with van der Waals surface area (Å²) in [5.41, 5.74) is 2.01. The van der Waals surface area contributed by atoms with Gasteiger partial charge in [0.1, 0.15) is 5.82 Å². The number of aromatic amines is 1. The Hall–Kier alpha value is -2.25. The maximum absolute atomic E-state index is 12.4. The molecule has 1 amide bonds. The van der Waals surface area contributed by atoms with E-state index in [0.29, 0.717) is 17.7 Å². The minimum Gasteiger partial charge on any atom is -0.351 e. The van der Waals surface area contributed by atoms with Gasteiger partial charge in [-0.3, -0.25) is 9.89 Å². The van der Waals surface area contributed by atoms with E-state index in [1.165, 1.54) is 11.3 Å². The SMILES string of the molecule is Cn1c(CCNC(=O)c2sccc2-c2ccccc2)n[nH]c1=S. The van der Waals surface area contributed by atoms with E-state index in [4.69, 9.17) is 12.2 Å². The topological polar surface area (TPSA) is 62.7 Å². The number of H-pyrrole nitrogens is 1. The highest BCUT2D eigenvalue weighted by atomic mass is 32.1. The third-order valence-electron chi connectivity index (χ3n) is 3.56. The van der Waals surface area contributed by atoms with Crippen LogP contribution >= 0.6 is 23.6 Å². The zero-order chi connectivity index (χ0) is 16.2. The van der Waals surface area contributed by atoms with Gasteiger partial charge in [-0.05, 0) is 29.2 Å². The molecule has 0 spiro atoms. The van der Waals surface area contributed by atoms with Crippen LogP contribution in [0, 0.1) is 4.77 Å². The van der Waals surface area contributed by atoms with Crippen molar-refractivity contribution in [1.82, 2.24) is 20.1 Å². The molecule has 3 aromatic rings. The van der Waals surface area contributed by atoms with Crippen molar-refractivity contribution in [3.05, 3.63) is 57.3 Å². The lowest BCUT2D eigenvalue weighted by Crippen LogP contribution is -2.26. The molecule has 7 heteroatoms. The summed E-state index contributed by atoms with van der Waals surface area (Å²) in [7, 11) is 1.86. The van der Waals surface area contributed by atoms with Crippen LogP contribution in [0.15, 0.2) is 41.8 Å². The molecule has 0 bridgehead atoms. The van der Waals surface area contributed by atoms with Gasteiger partial charge in [-0.1, -0.05) is 30.3 Å². The van der Waals surface area contributed by atoms with E-state index >= 15 is 0 Å². The zero-order valence-electron chi connectivity index (χ0n) is 12.6. The number of aromatic nitrogens is 3. The molecule has 23 heavy (non-hydrogen) atoms. The highest BCUT2D eigenvalue weighted by Crippen LogP contribution is 2.27. The maximum Gasteiger partial charge on any atom is 0.262 e. The van der Waals surface area contributed by atoms with E-state index < -0.39 is 0 Å². The largest absolute Gasteiger partial charge is 0.351 e. The van der Waals surface area contributed by atoms with E-state index in [0.717, 1.165) is 21.8 Å². The fraction of sp³-hybridized carbons (Fsp3) is 0.188. The van der Waals surface area contributed by atoms with Crippen LogP contribution < -0.4 is 5.32 Å². The number of amides is 1. The average Bonchev–Trinajstić information content (AvgIpc) is 3.18. The summed E-state index contributed by atoms with van der Waals surface area (Å²) in [6, 6.07) is 11.9. The van der Waals surface area contributed by atoms with Gasteiger partial charge in [-0.2, -0.15) is 5.10 Å². The molecular formula is C16H16N4OS2. The summed E-state index contributed by atoms with van der Waals surface area (Å²) in [4.78, 5) is 13.2. The minimum absolute atomic E-state index is 0.0596. The van der Waals surface area contributed by atoms with E-state index in [1.807, 2.05) is 53.4 Å². The molecule has 0 aliphatic rings. The normalized spacial score (nSPS) is 10.7. The van der Waals surface area contributed by atoms with Crippen molar-refractivity contribution < 1.29 is 4.79 Å². The lowest BCUT2D eigenvalue weighted by molar-refractivity contribution is 0.0958. The Balaban J connectivity index is 1.67. The Morgan fingerprint density at radius 2 is 2.13 bits per heavy atom. The fourth-order valence-corrected chi connectivity index (χ4v) is 3.28. The predicted octanol–water partition coefficient (Wildman–Crippen LogP) is 3.18. The van der Waals surface area contributed by atoms with Crippen molar-refractivity contribution in [2.24, 2.45) is 7.05 Å². The summed E-state index contributed by atoms with van der Waals surface area (Å²) in [6.07, 6.45) is 0.626. The number of thiophene rings is 1. The number of carbonyl (C=O) groups is 1. The van der Waals surface area contributed by atoms with Crippen molar-refractivity contribution in [3.63, 3.8) is 0 Å². The summed E-state index contributed by atoms with van der Waals surface area (Å²) < 4.78 is 2.39. The van der Waals surface area contributed by atoms with E-state index in [9.17, 15) is 4.79 Å². The smallest absolute Gasteiger partial charge is 0.262 e. The van der Waals surface area contributed by atoms with Gasteiger partial charge in [0, 0.05) is 25.6 Å². The van der Waals surface area contributed by atoms with Crippen molar-refractivity contribution in [2.75, 3.05) is 6.54 Å². The molecule has 0 saturated heterocycles. The molecule has 3 rings (SSSR count). The van der Waals surface area contributed by atoms with Gasteiger partial charge in [0.05, 0.1) is 4.88 Å². The summed E-state index contributed by atoms with van der Waals surface area (Å²) in [6.45, 7) is 0.512. The van der Waals surface area contributed by atoms with Gasteiger partial charge >= 0.3 is 0 Å². The van der Waals surface area contributed by atoms with E-state index in [1.54, 1.807) is 0 Å². The fourth-order valence-electron chi connectivity index (χ4n) is 2.30. The lowest BCUT2D eigenvalue weighted by Gasteiger charge is -2.06. The third-order valence-corrected chi connectivity index (χ3v) is 4.84. The standard InChI is InChI=1S/C16H16N4OS2/c1-20-13(18-19-16(20)22)7-9-17-15(21)14-12(8-10-23-14)11-5-3-2-4-6-11/h2-6,8,10H,7,9H2,1H3,(H,17,21)(H,19,22). The highest BCUT2D eigenvalue weighted by Gasteiger charge is 2.14. The van der Waals surface area contributed by atoms with Gasteiger partial charge in [0.15, 0.2) is 4.77 Å². The first kappa shape index (κ1) is 15.6. The summed E-state index contributed by atoms with van der Waals surface area (Å²) in [5.74, 6) is 0.764. The van der Waals surface area contributed by atoms with Gasteiger partial charge in [-0.25, -0.2) is 0 Å². The van der Waals surface area contributed by atoms with Gasteiger partial charge in [-0.15, -0.1) is 11.3 Å². The molecule has 2 aromatic heterocycles. The van der Waals surface area contributed by atoms with E-state index in [2.05, 4.69) is 15.5 Å². The zero-order valence-corrected chi connectivity index (χ0v) is 14.2. The highest BCUT2D eigenvalue weighted by molar-refractivity contribution is 7.71. The molecule has 0 radical (unpaired) electrons.